The molecule has 0 saturated carbocycles. The van der Waals surface area contributed by atoms with Gasteiger partial charge in [-0.25, -0.2) is 0 Å². The normalized spacial score (nSPS) is 11.2. The van der Waals surface area contributed by atoms with Crippen molar-refractivity contribution in [1.82, 2.24) is 4.57 Å². The fourth-order valence-electron chi connectivity index (χ4n) is 9.22. The zero-order valence-electron chi connectivity index (χ0n) is 34.1. The smallest absolute Gasteiger partial charge is 0.0562 e. The summed E-state index contributed by atoms with van der Waals surface area (Å²) < 4.78 is 2.44. The van der Waals surface area contributed by atoms with Gasteiger partial charge in [-0.3, -0.25) is 0 Å². The van der Waals surface area contributed by atoms with Crippen molar-refractivity contribution in [2.24, 2.45) is 0 Å². The van der Waals surface area contributed by atoms with Gasteiger partial charge in [0.25, 0.3) is 0 Å². The molecule has 1 heterocycles. The van der Waals surface area contributed by atoms with E-state index in [1.54, 1.807) is 0 Å². The van der Waals surface area contributed by atoms with Gasteiger partial charge in [-0.2, -0.15) is 0 Å². The highest BCUT2D eigenvalue weighted by Crippen LogP contribution is 2.48. The van der Waals surface area contributed by atoms with E-state index in [2.05, 4.69) is 264 Å². The zero-order chi connectivity index (χ0) is 41.2. The Balaban J connectivity index is 1.17. The van der Waals surface area contributed by atoms with E-state index < -0.39 is 0 Å². The molecule has 0 aliphatic carbocycles. The third-order valence-corrected chi connectivity index (χ3v) is 12.0. The summed E-state index contributed by atoms with van der Waals surface area (Å²) in [4.78, 5) is 2.48. The Labute approximate surface area is 362 Å². The number of aromatic nitrogens is 1. The Bertz CT molecular complexity index is 3330. The standard InChI is InChI=1S/C60H42N2/c1-5-21-43(22-6-1)50-31-13-14-32-51(50)47-29-19-30-48(41-47)61-57-36-18-16-34-54(57)60-58(61)37-20-38-59(60)62(56-35-17-15-33-53(56)45-25-9-3-10-26-45)49-39-40-52(44-23-7-2-8-24-44)55(42-49)46-27-11-4-12-28-46/h1-42H. The molecule has 11 rings (SSSR count). The minimum Gasteiger partial charge on any atom is -0.309 e. The van der Waals surface area contributed by atoms with E-state index in [9.17, 15) is 0 Å². The van der Waals surface area contributed by atoms with Crippen LogP contribution in [0.4, 0.5) is 17.1 Å². The zero-order valence-corrected chi connectivity index (χ0v) is 34.1. The molecule has 0 atom stereocenters. The van der Waals surface area contributed by atoms with E-state index >= 15 is 0 Å². The van der Waals surface area contributed by atoms with Crippen LogP contribution in [0.5, 0.6) is 0 Å². The van der Waals surface area contributed by atoms with Gasteiger partial charge in [0.15, 0.2) is 0 Å². The molecule has 62 heavy (non-hydrogen) atoms. The molecule has 0 saturated heterocycles. The molecule has 0 aliphatic rings. The molecule has 0 N–H and O–H groups in total. The van der Waals surface area contributed by atoms with Crippen molar-refractivity contribution < 1.29 is 0 Å². The van der Waals surface area contributed by atoms with Gasteiger partial charge in [0.1, 0.15) is 0 Å². The lowest BCUT2D eigenvalue weighted by Gasteiger charge is -2.29. The van der Waals surface area contributed by atoms with Crippen molar-refractivity contribution in [3.63, 3.8) is 0 Å². The van der Waals surface area contributed by atoms with Gasteiger partial charge in [-0.1, -0.05) is 206 Å². The van der Waals surface area contributed by atoms with Gasteiger partial charge < -0.3 is 9.47 Å². The number of hydrogen-bond donors (Lipinski definition) is 0. The van der Waals surface area contributed by atoms with Crippen molar-refractivity contribution in [2.45, 2.75) is 0 Å². The van der Waals surface area contributed by atoms with Gasteiger partial charge in [0, 0.05) is 27.7 Å². The van der Waals surface area contributed by atoms with Gasteiger partial charge >= 0.3 is 0 Å². The minimum absolute atomic E-state index is 1.08. The van der Waals surface area contributed by atoms with E-state index in [0.717, 1.165) is 39.3 Å². The molecule has 0 fully saturated rings. The Morgan fingerprint density at radius 1 is 0.274 bits per heavy atom. The van der Waals surface area contributed by atoms with Crippen molar-refractivity contribution in [3.05, 3.63) is 255 Å². The van der Waals surface area contributed by atoms with Crippen molar-refractivity contribution in [2.75, 3.05) is 4.90 Å². The molecule has 10 aromatic carbocycles. The number of hydrogen-bond acceptors (Lipinski definition) is 1. The summed E-state index contributed by atoms with van der Waals surface area (Å²) in [5.41, 5.74) is 18.6. The first-order valence-electron chi connectivity index (χ1n) is 21.3. The Kier molecular flexibility index (Phi) is 9.57. The fraction of sp³-hybridized carbons (Fsp3) is 0. The second-order valence-electron chi connectivity index (χ2n) is 15.7. The summed E-state index contributed by atoms with van der Waals surface area (Å²) in [5, 5.41) is 2.38. The van der Waals surface area contributed by atoms with Crippen LogP contribution in [-0.2, 0) is 0 Å². The summed E-state index contributed by atoms with van der Waals surface area (Å²) in [7, 11) is 0. The summed E-state index contributed by atoms with van der Waals surface area (Å²) >= 11 is 0. The molecule has 1 aromatic heterocycles. The molecule has 2 heteroatoms. The molecule has 0 spiro atoms. The number of anilines is 3. The number of nitrogens with zero attached hydrogens (tertiary/aromatic N) is 2. The van der Waals surface area contributed by atoms with Crippen LogP contribution < -0.4 is 4.90 Å². The first kappa shape index (κ1) is 36.8. The Morgan fingerprint density at radius 2 is 0.726 bits per heavy atom. The van der Waals surface area contributed by atoms with Crippen LogP contribution in [0.15, 0.2) is 255 Å². The largest absolute Gasteiger partial charge is 0.309 e. The van der Waals surface area contributed by atoms with E-state index in [-0.39, 0.29) is 0 Å². The van der Waals surface area contributed by atoms with E-state index in [1.165, 1.54) is 60.8 Å². The van der Waals surface area contributed by atoms with Crippen LogP contribution in [0.2, 0.25) is 0 Å². The third kappa shape index (κ3) is 6.65. The quantitative estimate of drug-likeness (QED) is 0.141. The van der Waals surface area contributed by atoms with Crippen molar-refractivity contribution in [1.29, 1.82) is 0 Å². The average molecular weight is 791 g/mol. The highest BCUT2D eigenvalue weighted by atomic mass is 15.2. The summed E-state index contributed by atoms with van der Waals surface area (Å²) in [5.74, 6) is 0. The van der Waals surface area contributed by atoms with Gasteiger partial charge in [-0.05, 0) is 98.6 Å². The van der Waals surface area contributed by atoms with Gasteiger partial charge in [-0.15, -0.1) is 0 Å². The topological polar surface area (TPSA) is 8.17 Å². The predicted octanol–water partition coefficient (Wildman–Crippen LogP) is 16.6. The van der Waals surface area contributed by atoms with Crippen LogP contribution in [0, 0.1) is 0 Å². The lowest BCUT2D eigenvalue weighted by molar-refractivity contribution is 1.18. The maximum absolute atomic E-state index is 2.48. The fourth-order valence-corrected chi connectivity index (χ4v) is 9.22. The minimum atomic E-state index is 1.08. The molecule has 0 unspecified atom stereocenters. The highest BCUT2D eigenvalue weighted by Gasteiger charge is 2.24. The third-order valence-electron chi connectivity index (χ3n) is 12.0. The van der Waals surface area contributed by atoms with Crippen LogP contribution in [0.3, 0.4) is 0 Å². The Morgan fingerprint density at radius 3 is 1.39 bits per heavy atom. The van der Waals surface area contributed by atoms with Gasteiger partial charge in [0.2, 0.25) is 0 Å². The van der Waals surface area contributed by atoms with Crippen LogP contribution in [-0.4, -0.2) is 4.57 Å². The summed E-state index contributed by atoms with van der Waals surface area (Å²) in [6, 6.07) is 92.1. The first-order valence-corrected chi connectivity index (χ1v) is 21.3. The van der Waals surface area contributed by atoms with Crippen molar-refractivity contribution >= 4 is 38.9 Å². The second kappa shape index (κ2) is 16.1. The molecule has 0 radical (unpaired) electrons. The van der Waals surface area contributed by atoms with Crippen LogP contribution in [0.1, 0.15) is 0 Å². The molecular formula is C60H42N2. The second-order valence-corrected chi connectivity index (χ2v) is 15.7. The number of benzene rings is 10. The number of rotatable bonds is 9. The lowest BCUT2D eigenvalue weighted by Crippen LogP contribution is -2.12. The predicted molar refractivity (Wildman–Crippen MR) is 263 cm³/mol. The molecule has 0 bridgehead atoms. The van der Waals surface area contributed by atoms with Crippen LogP contribution >= 0.6 is 0 Å². The molecule has 2 nitrogen and oxygen atoms in total. The highest BCUT2D eigenvalue weighted by molar-refractivity contribution is 6.17. The molecule has 11 aromatic rings. The average Bonchev–Trinajstić information content (AvgIpc) is 3.70. The monoisotopic (exact) mass is 790 g/mol. The maximum Gasteiger partial charge on any atom is 0.0562 e. The van der Waals surface area contributed by atoms with Gasteiger partial charge in [0.05, 0.1) is 22.4 Å². The van der Waals surface area contributed by atoms with E-state index in [1.807, 2.05) is 0 Å². The Hall–Kier alpha value is -8.20. The first-order chi connectivity index (χ1) is 30.8. The number of para-hydroxylation sites is 2. The number of fused-ring (bicyclic) bond motifs is 3. The summed E-state index contributed by atoms with van der Waals surface area (Å²) in [6.07, 6.45) is 0. The van der Waals surface area contributed by atoms with Crippen molar-refractivity contribution in [3.8, 4) is 61.3 Å². The van der Waals surface area contributed by atoms with E-state index in [0.29, 0.717) is 0 Å². The molecular weight excluding hydrogens is 749 g/mol. The summed E-state index contributed by atoms with van der Waals surface area (Å²) in [6.45, 7) is 0. The molecule has 0 amide bonds. The van der Waals surface area contributed by atoms with Crippen LogP contribution in [0.25, 0.3) is 83.1 Å². The lowest BCUT2D eigenvalue weighted by atomic mass is 9.93. The maximum atomic E-state index is 2.48. The SMILES string of the molecule is c1ccc(-c2ccccc2-c2cccc(-n3c4ccccc4c4c(N(c5ccc(-c6ccccc6)c(-c6ccccc6)c5)c5ccccc5-c5ccccc5)cccc43)c2)cc1. The van der Waals surface area contributed by atoms with E-state index in [4.69, 9.17) is 0 Å². The molecule has 292 valence electrons. The molecule has 0 aliphatic heterocycles.